The third-order valence-corrected chi connectivity index (χ3v) is 4.73. The van der Waals surface area contributed by atoms with Crippen LogP contribution in [0.25, 0.3) is 33.0 Å². The molecule has 4 rings (SSSR count). The lowest BCUT2D eigenvalue weighted by molar-refractivity contribution is 0.0697. The van der Waals surface area contributed by atoms with Crippen molar-refractivity contribution < 1.29 is 9.90 Å². The number of benzene rings is 4. The van der Waals surface area contributed by atoms with Crippen molar-refractivity contribution in [3.8, 4) is 22.3 Å². The highest BCUT2D eigenvalue weighted by Crippen LogP contribution is 2.34. The number of aromatic carboxylic acids is 1. The van der Waals surface area contributed by atoms with Gasteiger partial charge in [0.25, 0.3) is 0 Å². The summed E-state index contributed by atoms with van der Waals surface area (Å²) in [5.74, 6) is -0.906. The fourth-order valence-electron chi connectivity index (χ4n) is 3.34. The number of hydrogen-bond donors (Lipinski definition) is 1. The molecule has 0 radical (unpaired) electrons. The van der Waals surface area contributed by atoms with Gasteiger partial charge in [-0.15, -0.1) is 0 Å². The Balaban J connectivity index is 1.88. The number of aryl methyl sites for hydroxylation is 1. The van der Waals surface area contributed by atoms with Crippen LogP contribution in [0, 0.1) is 6.92 Å². The highest BCUT2D eigenvalue weighted by atomic mass is 16.4. The van der Waals surface area contributed by atoms with Crippen LogP contribution in [0.2, 0.25) is 0 Å². The Morgan fingerprint density at radius 1 is 0.654 bits per heavy atom. The molecular formula is C24H18O2. The molecule has 0 amide bonds. The molecule has 0 atom stereocenters. The first-order chi connectivity index (χ1) is 12.6. The van der Waals surface area contributed by atoms with Gasteiger partial charge in [-0.05, 0) is 52.1 Å². The number of carboxylic acids is 1. The molecule has 26 heavy (non-hydrogen) atoms. The lowest BCUT2D eigenvalue weighted by Gasteiger charge is -2.12. The average Bonchev–Trinajstić information content (AvgIpc) is 2.68. The second-order valence-electron chi connectivity index (χ2n) is 6.45. The normalized spacial score (nSPS) is 10.8. The van der Waals surface area contributed by atoms with Gasteiger partial charge in [-0.1, -0.05) is 78.4 Å². The van der Waals surface area contributed by atoms with Crippen LogP contribution in [0.5, 0.6) is 0 Å². The van der Waals surface area contributed by atoms with Gasteiger partial charge in [0.2, 0.25) is 0 Å². The molecule has 126 valence electrons. The highest BCUT2D eigenvalue weighted by Gasteiger charge is 2.09. The smallest absolute Gasteiger partial charge is 0.335 e. The predicted octanol–water partition coefficient (Wildman–Crippen LogP) is 6.18. The summed E-state index contributed by atoms with van der Waals surface area (Å²) in [5, 5.41) is 11.5. The van der Waals surface area contributed by atoms with Crippen LogP contribution in [-0.4, -0.2) is 11.1 Å². The summed E-state index contributed by atoms with van der Waals surface area (Å²) >= 11 is 0. The van der Waals surface area contributed by atoms with Crippen molar-refractivity contribution in [2.24, 2.45) is 0 Å². The van der Waals surface area contributed by atoms with Crippen LogP contribution < -0.4 is 0 Å². The molecule has 2 nitrogen and oxygen atoms in total. The van der Waals surface area contributed by atoms with E-state index >= 15 is 0 Å². The summed E-state index contributed by atoms with van der Waals surface area (Å²) < 4.78 is 0. The quantitative estimate of drug-likeness (QED) is 0.484. The van der Waals surface area contributed by atoms with E-state index in [0.717, 1.165) is 16.5 Å². The third-order valence-electron chi connectivity index (χ3n) is 4.73. The van der Waals surface area contributed by atoms with E-state index in [-0.39, 0.29) is 0 Å². The van der Waals surface area contributed by atoms with Crippen molar-refractivity contribution in [1.29, 1.82) is 0 Å². The summed E-state index contributed by atoms with van der Waals surface area (Å²) in [5.41, 5.74) is 6.06. The van der Waals surface area contributed by atoms with Crippen LogP contribution in [0.15, 0.2) is 84.9 Å². The van der Waals surface area contributed by atoms with Gasteiger partial charge in [-0.3, -0.25) is 0 Å². The molecule has 0 unspecified atom stereocenters. The molecule has 1 N–H and O–H groups in total. The molecule has 0 spiro atoms. The molecule has 0 fully saturated rings. The first-order valence-corrected chi connectivity index (χ1v) is 8.56. The Hall–Kier alpha value is -3.39. The fourth-order valence-corrected chi connectivity index (χ4v) is 3.34. The number of rotatable bonds is 3. The van der Waals surface area contributed by atoms with E-state index in [1.54, 1.807) is 12.1 Å². The fraction of sp³-hybridized carbons (Fsp3) is 0.0417. The zero-order chi connectivity index (χ0) is 18.1. The van der Waals surface area contributed by atoms with Gasteiger partial charge < -0.3 is 5.11 Å². The van der Waals surface area contributed by atoms with Crippen molar-refractivity contribution in [3.05, 3.63) is 96.1 Å². The van der Waals surface area contributed by atoms with E-state index in [1.165, 1.54) is 22.1 Å². The van der Waals surface area contributed by atoms with Crippen LogP contribution in [0.3, 0.4) is 0 Å². The monoisotopic (exact) mass is 338 g/mol. The minimum absolute atomic E-state index is 0.300. The topological polar surface area (TPSA) is 37.3 Å². The first-order valence-electron chi connectivity index (χ1n) is 8.56. The van der Waals surface area contributed by atoms with Gasteiger partial charge in [0.05, 0.1) is 5.56 Å². The number of hydrogen-bond acceptors (Lipinski definition) is 1. The minimum Gasteiger partial charge on any atom is -0.478 e. The van der Waals surface area contributed by atoms with Crippen molar-refractivity contribution in [2.75, 3.05) is 0 Å². The SMILES string of the molecule is Cc1ccc(-c2cccc3c(-c4ccc(C(=O)O)cc4)cccc23)cc1. The van der Waals surface area contributed by atoms with Crippen molar-refractivity contribution >= 4 is 16.7 Å². The van der Waals surface area contributed by atoms with Gasteiger partial charge in [0.1, 0.15) is 0 Å². The number of carboxylic acid groups (broad SMARTS) is 1. The van der Waals surface area contributed by atoms with E-state index in [4.69, 9.17) is 5.11 Å². The Bertz CT molecular complexity index is 1090. The van der Waals surface area contributed by atoms with Gasteiger partial charge in [-0.25, -0.2) is 4.79 Å². The molecule has 0 aliphatic carbocycles. The summed E-state index contributed by atoms with van der Waals surface area (Å²) in [6.45, 7) is 2.09. The third kappa shape index (κ3) is 2.86. The largest absolute Gasteiger partial charge is 0.478 e. The Kier molecular flexibility index (Phi) is 4.02. The molecular weight excluding hydrogens is 320 g/mol. The lowest BCUT2D eigenvalue weighted by Crippen LogP contribution is -1.95. The zero-order valence-electron chi connectivity index (χ0n) is 14.4. The summed E-state index contributed by atoms with van der Waals surface area (Å²) in [6, 6.07) is 28.2. The number of carbonyl (C=O) groups is 1. The second kappa shape index (κ2) is 6.49. The lowest BCUT2D eigenvalue weighted by atomic mass is 9.92. The molecule has 0 saturated heterocycles. The van der Waals surface area contributed by atoms with Crippen molar-refractivity contribution in [3.63, 3.8) is 0 Å². The standard InChI is InChI=1S/C24H18O2/c1-16-8-10-17(11-9-16)20-4-2-7-23-21(5-3-6-22(20)23)18-12-14-19(15-13-18)24(25)26/h2-15H,1H3,(H,25,26). The maximum Gasteiger partial charge on any atom is 0.335 e. The predicted molar refractivity (Wildman–Crippen MR) is 107 cm³/mol. The van der Waals surface area contributed by atoms with E-state index < -0.39 is 5.97 Å². The van der Waals surface area contributed by atoms with Gasteiger partial charge >= 0.3 is 5.97 Å². The van der Waals surface area contributed by atoms with Crippen LogP contribution in [0.4, 0.5) is 0 Å². The van der Waals surface area contributed by atoms with E-state index in [9.17, 15) is 4.79 Å². The molecule has 2 heteroatoms. The summed E-state index contributed by atoms with van der Waals surface area (Å²) in [6.07, 6.45) is 0. The Labute approximate surface area is 152 Å². The van der Waals surface area contributed by atoms with E-state index in [2.05, 4.69) is 67.6 Å². The molecule has 0 aliphatic rings. The van der Waals surface area contributed by atoms with Crippen LogP contribution in [-0.2, 0) is 0 Å². The molecule has 0 heterocycles. The summed E-state index contributed by atoms with van der Waals surface area (Å²) in [4.78, 5) is 11.1. The molecule has 4 aromatic carbocycles. The molecule has 0 aromatic heterocycles. The highest BCUT2D eigenvalue weighted by molar-refractivity contribution is 6.04. The van der Waals surface area contributed by atoms with Crippen molar-refractivity contribution in [2.45, 2.75) is 6.92 Å². The van der Waals surface area contributed by atoms with Crippen LogP contribution in [0.1, 0.15) is 15.9 Å². The zero-order valence-corrected chi connectivity index (χ0v) is 14.4. The van der Waals surface area contributed by atoms with Gasteiger partial charge in [-0.2, -0.15) is 0 Å². The van der Waals surface area contributed by atoms with Gasteiger partial charge in [0.15, 0.2) is 0 Å². The second-order valence-corrected chi connectivity index (χ2v) is 6.45. The first kappa shape index (κ1) is 16.1. The minimum atomic E-state index is -0.906. The Morgan fingerprint density at radius 2 is 1.12 bits per heavy atom. The van der Waals surface area contributed by atoms with Gasteiger partial charge in [0, 0.05) is 0 Å². The summed E-state index contributed by atoms with van der Waals surface area (Å²) in [7, 11) is 0. The molecule has 4 aromatic rings. The number of fused-ring (bicyclic) bond motifs is 1. The maximum atomic E-state index is 11.1. The van der Waals surface area contributed by atoms with Crippen LogP contribution >= 0.6 is 0 Å². The van der Waals surface area contributed by atoms with E-state index in [1.807, 2.05) is 12.1 Å². The molecule has 0 bridgehead atoms. The van der Waals surface area contributed by atoms with Crippen molar-refractivity contribution in [1.82, 2.24) is 0 Å². The van der Waals surface area contributed by atoms with E-state index in [0.29, 0.717) is 5.56 Å². The average molecular weight is 338 g/mol. The molecule has 0 aliphatic heterocycles. The maximum absolute atomic E-state index is 11.1. The molecule has 0 saturated carbocycles. The Morgan fingerprint density at radius 3 is 1.58 bits per heavy atom.